The molecule has 7 nitrogen and oxygen atoms in total. The van der Waals surface area contributed by atoms with Gasteiger partial charge in [-0.05, 0) is 53.7 Å². The van der Waals surface area contributed by atoms with Gasteiger partial charge >= 0.3 is 5.97 Å². The van der Waals surface area contributed by atoms with E-state index in [4.69, 9.17) is 14.6 Å². The quantitative estimate of drug-likeness (QED) is 0.693. The number of hydrogen-bond donors (Lipinski definition) is 1. The van der Waals surface area contributed by atoms with Gasteiger partial charge in [-0.3, -0.25) is 9.69 Å². The molecule has 1 saturated heterocycles. The highest BCUT2D eigenvalue weighted by molar-refractivity contribution is 9.10. The molecule has 1 fully saturated rings. The number of halogens is 1. The molecule has 0 bridgehead atoms. The summed E-state index contributed by atoms with van der Waals surface area (Å²) < 4.78 is 11.5. The van der Waals surface area contributed by atoms with Crippen molar-refractivity contribution < 1.29 is 24.2 Å². The number of amidine groups is 1. The number of amides is 1. The molecule has 0 aromatic heterocycles. The fourth-order valence-corrected chi connectivity index (χ4v) is 4.07. The standard InChI is InChI=1S/C19H13BrN2O5S/c1-22-17(23)16(7-11-6-14-15(8-13(11)20)27-9-26-14)28-19(22)21-12-4-2-3-10(5-12)18(24)25/h2-8H,9H2,1H3,(H,24,25). The third kappa shape index (κ3) is 3.50. The minimum Gasteiger partial charge on any atom is -0.478 e. The summed E-state index contributed by atoms with van der Waals surface area (Å²) in [6.45, 7) is 0.171. The van der Waals surface area contributed by atoms with Gasteiger partial charge in [-0.1, -0.05) is 22.0 Å². The molecular formula is C19H13BrN2O5S. The Hall–Kier alpha value is -2.78. The molecule has 28 heavy (non-hydrogen) atoms. The topological polar surface area (TPSA) is 88.4 Å². The molecule has 9 heteroatoms. The van der Waals surface area contributed by atoms with Gasteiger partial charge in [0, 0.05) is 11.5 Å². The molecule has 0 radical (unpaired) electrons. The summed E-state index contributed by atoms with van der Waals surface area (Å²) in [6, 6.07) is 9.86. The van der Waals surface area contributed by atoms with Gasteiger partial charge < -0.3 is 14.6 Å². The number of fused-ring (bicyclic) bond motifs is 1. The summed E-state index contributed by atoms with van der Waals surface area (Å²) in [5.41, 5.74) is 1.38. The van der Waals surface area contributed by atoms with Crippen molar-refractivity contribution in [1.82, 2.24) is 4.90 Å². The molecular weight excluding hydrogens is 448 g/mol. The maximum absolute atomic E-state index is 12.6. The zero-order valence-corrected chi connectivity index (χ0v) is 16.9. The van der Waals surface area contributed by atoms with Gasteiger partial charge in [0.15, 0.2) is 16.7 Å². The van der Waals surface area contributed by atoms with Crippen molar-refractivity contribution in [3.8, 4) is 11.5 Å². The Morgan fingerprint density at radius 3 is 2.79 bits per heavy atom. The second-order valence-corrected chi connectivity index (χ2v) is 7.82. The van der Waals surface area contributed by atoms with E-state index in [2.05, 4.69) is 20.9 Å². The highest BCUT2D eigenvalue weighted by Crippen LogP contribution is 2.40. The molecule has 0 saturated carbocycles. The average Bonchev–Trinajstić information content (AvgIpc) is 3.22. The number of rotatable bonds is 3. The Balaban J connectivity index is 1.65. The van der Waals surface area contributed by atoms with Crippen molar-refractivity contribution in [1.29, 1.82) is 0 Å². The maximum atomic E-state index is 12.6. The Labute approximate surface area is 172 Å². The van der Waals surface area contributed by atoms with E-state index >= 15 is 0 Å². The summed E-state index contributed by atoms with van der Waals surface area (Å²) >= 11 is 4.70. The van der Waals surface area contributed by atoms with Gasteiger partial charge in [-0.25, -0.2) is 9.79 Å². The number of aliphatic imine (C=N–C) groups is 1. The monoisotopic (exact) mass is 460 g/mol. The number of thioether (sulfide) groups is 1. The molecule has 1 N–H and O–H groups in total. The first-order chi connectivity index (χ1) is 13.4. The van der Waals surface area contributed by atoms with Gasteiger partial charge in [-0.15, -0.1) is 0 Å². The van der Waals surface area contributed by atoms with Crippen LogP contribution in [0.5, 0.6) is 11.5 Å². The molecule has 0 unspecified atom stereocenters. The van der Waals surface area contributed by atoms with E-state index in [1.165, 1.54) is 28.8 Å². The number of nitrogens with zero attached hydrogens (tertiary/aromatic N) is 2. The molecule has 2 aromatic carbocycles. The van der Waals surface area contributed by atoms with Gasteiger partial charge in [-0.2, -0.15) is 0 Å². The number of benzene rings is 2. The zero-order chi connectivity index (χ0) is 19.8. The van der Waals surface area contributed by atoms with Crippen molar-refractivity contribution in [2.24, 2.45) is 4.99 Å². The van der Waals surface area contributed by atoms with Gasteiger partial charge in [0.05, 0.1) is 16.2 Å². The van der Waals surface area contributed by atoms with Crippen LogP contribution in [0.2, 0.25) is 0 Å². The summed E-state index contributed by atoms with van der Waals surface area (Å²) in [6.07, 6.45) is 1.76. The fourth-order valence-electron chi connectivity index (χ4n) is 2.66. The largest absolute Gasteiger partial charge is 0.478 e. The molecule has 1 amide bonds. The Morgan fingerprint density at radius 2 is 2.04 bits per heavy atom. The minimum atomic E-state index is -1.03. The van der Waals surface area contributed by atoms with E-state index in [1.807, 2.05) is 0 Å². The lowest BCUT2D eigenvalue weighted by Gasteiger charge is -2.07. The van der Waals surface area contributed by atoms with Gasteiger partial charge in [0.25, 0.3) is 5.91 Å². The summed E-state index contributed by atoms with van der Waals surface area (Å²) in [7, 11) is 1.63. The Kier molecular flexibility index (Phi) is 4.86. The first-order valence-corrected chi connectivity index (χ1v) is 9.72. The predicted molar refractivity (Wildman–Crippen MR) is 109 cm³/mol. The van der Waals surface area contributed by atoms with Crippen LogP contribution in [0.25, 0.3) is 6.08 Å². The van der Waals surface area contributed by atoms with E-state index in [1.54, 1.807) is 37.4 Å². The lowest BCUT2D eigenvalue weighted by atomic mass is 10.2. The number of carbonyl (C=O) groups excluding carboxylic acids is 1. The SMILES string of the molecule is CN1C(=O)C(=Cc2cc3c(cc2Br)OCO3)SC1=Nc1cccc(C(=O)O)c1. The van der Waals surface area contributed by atoms with Crippen LogP contribution in [0.4, 0.5) is 5.69 Å². The van der Waals surface area contributed by atoms with Crippen LogP contribution in [0, 0.1) is 0 Å². The molecule has 0 aliphatic carbocycles. The molecule has 2 aliphatic rings. The van der Waals surface area contributed by atoms with Crippen molar-refractivity contribution in [3.05, 3.63) is 56.9 Å². The van der Waals surface area contributed by atoms with Crippen LogP contribution in [-0.2, 0) is 4.79 Å². The third-order valence-corrected chi connectivity index (χ3v) is 5.85. The van der Waals surface area contributed by atoms with Crippen LogP contribution < -0.4 is 9.47 Å². The number of ether oxygens (including phenoxy) is 2. The number of carbonyl (C=O) groups is 2. The van der Waals surface area contributed by atoms with E-state index in [-0.39, 0.29) is 18.3 Å². The second kappa shape index (κ2) is 7.33. The van der Waals surface area contributed by atoms with Crippen LogP contribution in [0.3, 0.4) is 0 Å². The molecule has 2 heterocycles. The van der Waals surface area contributed by atoms with E-state index in [0.717, 1.165) is 10.0 Å². The highest BCUT2D eigenvalue weighted by Gasteiger charge is 2.31. The van der Waals surface area contributed by atoms with E-state index < -0.39 is 5.97 Å². The summed E-state index contributed by atoms with van der Waals surface area (Å²) in [4.78, 5) is 30.1. The number of carboxylic acids is 1. The Bertz CT molecular complexity index is 1070. The van der Waals surface area contributed by atoms with Crippen molar-refractivity contribution in [2.75, 3.05) is 13.8 Å². The molecule has 0 atom stereocenters. The summed E-state index contributed by atoms with van der Waals surface area (Å²) in [5, 5.41) is 9.58. The minimum absolute atomic E-state index is 0.138. The number of likely N-dealkylation sites (N-methyl/N-ethyl adjacent to an activating group) is 1. The lowest BCUT2D eigenvalue weighted by molar-refractivity contribution is -0.121. The maximum Gasteiger partial charge on any atom is 0.335 e. The van der Waals surface area contributed by atoms with Crippen LogP contribution >= 0.6 is 27.7 Å². The first-order valence-electron chi connectivity index (χ1n) is 8.11. The number of hydrogen-bond acceptors (Lipinski definition) is 6. The molecule has 2 aromatic rings. The highest BCUT2D eigenvalue weighted by atomic mass is 79.9. The van der Waals surface area contributed by atoms with E-state index in [9.17, 15) is 9.59 Å². The molecule has 2 aliphatic heterocycles. The first kappa shape index (κ1) is 18.6. The second-order valence-electron chi connectivity index (χ2n) is 5.95. The van der Waals surface area contributed by atoms with Crippen molar-refractivity contribution >= 4 is 56.5 Å². The number of aromatic carboxylic acids is 1. The van der Waals surface area contributed by atoms with Gasteiger partial charge in [0.1, 0.15) is 0 Å². The zero-order valence-electron chi connectivity index (χ0n) is 14.5. The Morgan fingerprint density at radius 1 is 1.29 bits per heavy atom. The molecule has 0 spiro atoms. The van der Waals surface area contributed by atoms with Gasteiger partial charge in [0.2, 0.25) is 6.79 Å². The predicted octanol–water partition coefficient (Wildman–Crippen LogP) is 4.11. The van der Waals surface area contributed by atoms with Crippen molar-refractivity contribution in [2.45, 2.75) is 0 Å². The van der Waals surface area contributed by atoms with Crippen LogP contribution in [0.15, 0.2) is 50.8 Å². The normalized spacial score (nSPS) is 18.4. The fraction of sp³-hybridized carbons (Fsp3) is 0.105. The number of carboxylic acid groups (broad SMARTS) is 1. The van der Waals surface area contributed by atoms with E-state index in [0.29, 0.717) is 27.3 Å². The van der Waals surface area contributed by atoms with Crippen LogP contribution in [0.1, 0.15) is 15.9 Å². The average molecular weight is 461 g/mol. The summed E-state index contributed by atoms with van der Waals surface area (Å²) in [5.74, 6) is 0.0526. The smallest absolute Gasteiger partial charge is 0.335 e. The molecule has 142 valence electrons. The lowest BCUT2D eigenvalue weighted by Crippen LogP contribution is -2.23. The molecule has 4 rings (SSSR count). The van der Waals surface area contributed by atoms with Crippen LogP contribution in [-0.4, -0.2) is 40.9 Å². The van der Waals surface area contributed by atoms with Crippen molar-refractivity contribution in [3.63, 3.8) is 0 Å². The third-order valence-electron chi connectivity index (χ3n) is 4.10.